The van der Waals surface area contributed by atoms with Crippen LogP contribution in [0, 0.1) is 0 Å². The van der Waals surface area contributed by atoms with Crippen molar-refractivity contribution in [2.24, 2.45) is 0 Å². The van der Waals surface area contributed by atoms with E-state index in [1.807, 2.05) is 11.9 Å². The van der Waals surface area contributed by atoms with Crippen molar-refractivity contribution in [3.63, 3.8) is 0 Å². The van der Waals surface area contributed by atoms with E-state index in [9.17, 15) is 39.6 Å². The molecule has 2 heterocycles. The molecule has 1 aliphatic heterocycles. The van der Waals surface area contributed by atoms with E-state index in [1.54, 1.807) is 0 Å². The number of H-pyrrole nitrogens is 1. The third-order valence-electron chi connectivity index (χ3n) is 5.17. The lowest BCUT2D eigenvalue weighted by Crippen LogP contribution is -2.69. The van der Waals surface area contributed by atoms with Crippen LogP contribution >= 0.6 is 0 Å². The lowest BCUT2D eigenvalue weighted by atomic mass is 10.00. The van der Waals surface area contributed by atoms with Crippen molar-refractivity contribution >= 4 is 6.08 Å². The summed E-state index contributed by atoms with van der Waals surface area (Å²) in [5, 5.41) is 52.1. The normalized spacial score (nSPS) is 30.0. The molecule has 30 heavy (non-hydrogen) atoms. The number of nitrogens with one attached hydrogen (secondary N) is 1. The number of hydrogen-bond donors (Lipinski definition) is 6. The van der Waals surface area contributed by atoms with Crippen LogP contribution in [-0.2, 0) is 10.6 Å². The summed E-state index contributed by atoms with van der Waals surface area (Å²) in [6.07, 6.45) is -1.98. The molecule has 0 saturated carbocycles. The molecular weight excluding hydrogens is 405 g/mol. The highest BCUT2D eigenvalue weighted by Crippen LogP contribution is 2.44. The lowest BCUT2D eigenvalue weighted by Gasteiger charge is -2.43. The molecule has 0 radical (unpaired) electrons. The summed E-state index contributed by atoms with van der Waals surface area (Å²) in [4.78, 5) is 25.9. The zero-order chi connectivity index (χ0) is 22.7. The van der Waals surface area contributed by atoms with Gasteiger partial charge in [-0.1, -0.05) is 38.8 Å². The Labute approximate surface area is 171 Å². The van der Waals surface area contributed by atoms with Crippen molar-refractivity contribution in [1.29, 1.82) is 0 Å². The number of halogens is 1. The Bertz CT molecular complexity index is 861. The van der Waals surface area contributed by atoms with Gasteiger partial charge in [-0.15, -0.1) is 5.06 Å². The predicted molar refractivity (Wildman–Crippen MR) is 102 cm³/mol. The fraction of sp³-hybridized carbons (Fsp3) is 0.667. The highest BCUT2D eigenvalue weighted by atomic mass is 19.1. The first-order valence-corrected chi connectivity index (χ1v) is 9.61. The van der Waals surface area contributed by atoms with Crippen LogP contribution in [0.5, 0.6) is 0 Å². The quantitative estimate of drug-likeness (QED) is 0.119. The van der Waals surface area contributed by atoms with Gasteiger partial charge in [-0.3, -0.25) is 9.78 Å². The Balaban J connectivity index is 2.52. The van der Waals surface area contributed by atoms with Crippen LogP contribution in [0.25, 0.3) is 6.08 Å². The average molecular weight is 433 g/mol. The summed E-state index contributed by atoms with van der Waals surface area (Å²) in [5.41, 5.74) is -5.69. The predicted octanol–water partition coefficient (Wildman–Crippen LogP) is -0.820. The Morgan fingerprint density at radius 1 is 1.40 bits per heavy atom. The van der Waals surface area contributed by atoms with Gasteiger partial charge >= 0.3 is 11.6 Å². The van der Waals surface area contributed by atoms with Crippen molar-refractivity contribution in [2.45, 2.75) is 69.2 Å². The second kappa shape index (κ2) is 9.47. The molecule has 12 heteroatoms. The summed E-state index contributed by atoms with van der Waals surface area (Å²) in [5.74, 6) is -3.28. The SMILES string of the molecule is C=Cc1cn([C@@]2(O)O[C@H](CO)[C@@H](O)[C@]2(O)N(O)C(F)CCCCCC)c(=O)[nH]c1=O. The lowest BCUT2D eigenvalue weighted by molar-refractivity contribution is -0.428. The van der Waals surface area contributed by atoms with Gasteiger partial charge in [0.05, 0.1) is 12.2 Å². The first kappa shape index (κ1) is 24.3. The molecule has 2 rings (SSSR count). The van der Waals surface area contributed by atoms with E-state index in [0.29, 0.717) is 12.8 Å². The maximum absolute atomic E-state index is 14.7. The number of rotatable bonds is 10. The number of aliphatic hydroxyl groups is 4. The molecule has 5 atom stereocenters. The maximum Gasteiger partial charge on any atom is 0.332 e. The zero-order valence-electron chi connectivity index (χ0n) is 16.6. The minimum absolute atomic E-state index is 0.225. The van der Waals surface area contributed by atoms with E-state index in [-0.39, 0.29) is 21.6 Å². The van der Waals surface area contributed by atoms with Crippen molar-refractivity contribution < 1.29 is 34.8 Å². The summed E-state index contributed by atoms with van der Waals surface area (Å²) in [6.45, 7) is 4.39. The molecule has 6 N–H and O–H groups in total. The monoisotopic (exact) mass is 433 g/mol. The van der Waals surface area contributed by atoms with Gasteiger partial charge in [0, 0.05) is 6.20 Å². The van der Waals surface area contributed by atoms with Crippen LogP contribution in [0.3, 0.4) is 0 Å². The number of aliphatic hydroxyl groups excluding tert-OH is 2. The number of alkyl halides is 1. The maximum atomic E-state index is 14.7. The Morgan fingerprint density at radius 2 is 2.07 bits per heavy atom. The second-order valence-corrected chi connectivity index (χ2v) is 7.16. The van der Waals surface area contributed by atoms with Crippen LogP contribution in [0.4, 0.5) is 4.39 Å². The Kier molecular flexibility index (Phi) is 7.69. The van der Waals surface area contributed by atoms with Crippen LogP contribution in [0.1, 0.15) is 44.6 Å². The van der Waals surface area contributed by atoms with E-state index >= 15 is 0 Å². The molecule has 0 spiro atoms. The van der Waals surface area contributed by atoms with Crippen LogP contribution < -0.4 is 11.2 Å². The second-order valence-electron chi connectivity index (χ2n) is 7.16. The summed E-state index contributed by atoms with van der Waals surface area (Å²) in [6, 6.07) is 0. The highest BCUT2D eigenvalue weighted by Gasteiger charge is 2.71. The van der Waals surface area contributed by atoms with E-state index in [0.717, 1.165) is 25.1 Å². The average Bonchev–Trinajstić information content (AvgIpc) is 2.92. The van der Waals surface area contributed by atoms with Crippen molar-refractivity contribution in [3.8, 4) is 0 Å². The molecule has 1 fully saturated rings. The standard InChI is InChI=1S/C18H28FN3O8/c1-3-5-6-7-8-13(19)22(29)17(27)14(24)12(10-23)30-18(17,28)21-9-11(4-2)15(25)20-16(21)26/h4,9,12-14,23-24,27-29H,2-3,5-8,10H2,1H3,(H,20,25,26)/t12-,13?,14-,17-,18+/m1/s1. The molecular formula is C18H28FN3O8. The van der Waals surface area contributed by atoms with Crippen LogP contribution in [-0.4, -0.2) is 71.1 Å². The van der Waals surface area contributed by atoms with Gasteiger partial charge < -0.3 is 30.4 Å². The van der Waals surface area contributed by atoms with E-state index in [1.165, 1.54) is 0 Å². The summed E-state index contributed by atoms with van der Waals surface area (Å²) >= 11 is 0. The molecule has 0 aromatic carbocycles. The van der Waals surface area contributed by atoms with E-state index in [2.05, 4.69) is 6.58 Å². The summed E-state index contributed by atoms with van der Waals surface area (Å²) < 4.78 is 20.1. The fourth-order valence-electron chi connectivity index (χ4n) is 3.40. The first-order valence-electron chi connectivity index (χ1n) is 9.61. The number of ether oxygens (including phenoxy) is 1. The molecule has 1 aromatic rings. The van der Waals surface area contributed by atoms with E-state index < -0.39 is 48.0 Å². The number of nitrogens with zero attached hydrogens (tertiary/aromatic N) is 2. The van der Waals surface area contributed by atoms with Gasteiger partial charge in [-0.2, -0.15) is 0 Å². The smallest absolute Gasteiger partial charge is 0.332 e. The molecule has 1 saturated heterocycles. The number of hydrogen-bond acceptors (Lipinski definition) is 9. The van der Waals surface area contributed by atoms with Crippen molar-refractivity contribution in [3.05, 3.63) is 39.2 Å². The van der Waals surface area contributed by atoms with Crippen molar-refractivity contribution in [1.82, 2.24) is 14.6 Å². The summed E-state index contributed by atoms with van der Waals surface area (Å²) in [7, 11) is 0. The van der Waals surface area contributed by atoms with Gasteiger partial charge in [0.1, 0.15) is 12.2 Å². The minimum Gasteiger partial charge on any atom is -0.394 e. The van der Waals surface area contributed by atoms with Gasteiger partial charge in [-0.05, 0) is 12.8 Å². The largest absolute Gasteiger partial charge is 0.394 e. The van der Waals surface area contributed by atoms with Gasteiger partial charge in [0.2, 0.25) is 5.72 Å². The van der Waals surface area contributed by atoms with E-state index in [4.69, 9.17) is 4.74 Å². The topological polar surface area (TPSA) is 168 Å². The molecule has 0 aliphatic carbocycles. The van der Waals surface area contributed by atoms with Crippen LogP contribution in [0.2, 0.25) is 0 Å². The number of aromatic nitrogens is 2. The molecule has 1 unspecified atom stereocenters. The third kappa shape index (κ3) is 3.99. The Hall–Kier alpha value is -1.93. The Morgan fingerprint density at radius 3 is 2.63 bits per heavy atom. The van der Waals surface area contributed by atoms with Gasteiger partial charge in [0.15, 0.2) is 6.30 Å². The highest BCUT2D eigenvalue weighted by molar-refractivity contribution is 5.43. The molecule has 0 bridgehead atoms. The molecule has 1 aromatic heterocycles. The molecule has 170 valence electrons. The van der Waals surface area contributed by atoms with Crippen LogP contribution in [0.15, 0.2) is 22.4 Å². The first-order chi connectivity index (χ1) is 14.1. The van der Waals surface area contributed by atoms with Gasteiger partial charge in [-0.25, -0.2) is 13.8 Å². The van der Waals surface area contributed by atoms with Crippen molar-refractivity contribution in [2.75, 3.05) is 6.61 Å². The zero-order valence-corrected chi connectivity index (χ0v) is 16.6. The minimum atomic E-state index is -3.31. The third-order valence-corrected chi connectivity index (χ3v) is 5.17. The fourth-order valence-corrected chi connectivity index (χ4v) is 3.40. The number of aromatic amines is 1. The molecule has 0 amide bonds. The molecule has 11 nitrogen and oxygen atoms in total. The number of hydroxylamine groups is 2. The number of unbranched alkanes of at least 4 members (excludes halogenated alkanes) is 3. The molecule has 1 aliphatic rings. The van der Waals surface area contributed by atoms with Gasteiger partial charge in [0.25, 0.3) is 5.56 Å².